The number of hydrogen-bond donors (Lipinski definition) is 2. The second-order valence-corrected chi connectivity index (χ2v) is 5.39. The van der Waals surface area contributed by atoms with Crippen LogP contribution in [-0.4, -0.2) is 19.1 Å². The molecule has 4 nitrogen and oxygen atoms in total. The smallest absolute Gasteiger partial charge is 0.338 e. The maximum Gasteiger partial charge on any atom is 0.338 e. The number of nitrogen functional groups attached to an aromatic ring is 1. The molecule has 20 heavy (non-hydrogen) atoms. The molecule has 1 aromatic rings. The minimum Gasteiger partial charge on any atom is -0.462 e. The number of anilines is 2. The van der Waals surface area contributed by atoms with Crippen LogP contribution in [-0.2, 0) is 4.74 Å². The Labute approximate surface area is 120 Å². The Morgan fingerprint density at radius 3 is 2.80 bits per heavy atom. The first-order valence-electron chi connectivity index (χ1n) is 7.51. The van der Waals surface area contributed by atoms with Crippen molar-refractivity contribution in [1.29, 1.82) is 0 Å². The summed E-state index contributed by atoms with van der Waals surface area (Å²) < 4.78 is 4.96. The molecule has 0 aromatic heterocycles. The lowest BCUT2D eigenvalue weighted by Crippen LogP contribution is -2.10. The molecule has 0 spiro atoms. The van der Waals surface area contributed by atoms with Gasteiger partial charge in [-0.25, -0.2) is 4.79 Å². The van der Waals surface area contributed by atoms with Gasteiger partial charge in [-0.2, -0.15) is 0 Å². The number of nitrogens with one attached hydrogen (secondary N) is 1. The number of carbonyl (C=O) groups excluding carboxylic acids is 1. The molecule has 0 aliphatic heterocycles. The van der Waals surface area contributed by atoms with E-state index in [1.54, 1.807) is 19.1 Å². The summed E-state index contributed by atoms with van der Waals surface area (Å²) >= 11 is 0. The predicted octanol–water partition coefficient (Wildman–Crippen LogP) is 3.44. The molecule has 3 N–H and O–H groups in total. The van der Waals surface area contributed by atoms with Gasteiger partial charge in [0.25, 0.3) is 0 Å². The highest BCUT2D eigenvalue weighted by Crippen LogP contribution is 2.28. The monoisotopic (exact) mass is 276 g/mol. The van der Waals surface area contributed by atoms with Crippen LogP contribution in [0.3, 0.4) is 0 Å². The minimum atomic E-state index is -0.322. The van der Waals surface area contributed by atoms with Gasteiger partial charge in [-0.3, -0.25) is 0 Å². The fourth-order valence-corrected chi connectivity index (χ4v) is 2.78. The van der Waals surface area contributed by atoms with Crippen LogP contribution in [0.1, 0.15) is 49.4 Å². The summed E-state index contributed by atoms with van der Waals surface area (Å²) in [6, 6.07) is 5.29. The molecule has 1 aliphatic carbocycles. The van der Waals surface area contributed by atoms with E-state index < -0.39 is 0 Å². The first-order chi connectivity index (χ1) is 9.70. The van der Waals surface area contributed by atoms with E-state index in [1.165, 1.54) is 32.1 Å². The van der Waals surface area contributed by atoms with Crippen molar-refractivity contribution >= 4 is 17.3 Å². The van der Waals surface area contributed by atoms with Gasteiger partial charge in [0, 0.05) is 6.54 Å². The van der Waals surface area contributed by atoms with E-state index in [4.69, 9.17) is 10.5 Å². The summed E-state index contributed by atoms with van der Waals surface area (Å²) in [4.78, 5) is 11.6. The highest BCUT2D eigenvalue weighted by molar-refractivity contribution is 5.91. The topological polar surface area (TPSA) is 64.3 Å². The van der Waals surface area contributed by atoms with Crippen molar-refractivity contribution in [3.8, 4) is 0 Å². The Hall–Kier alpha value is -1.71. The molecule has 0 unspecified atom stereocenters. The van der Waals surface area contributed by atoms with Gasteiger partial charge in [0.1, 0.15) is 0 Å². The number of hydrogen-bond acceptors (Lipinski definition) is 4. The minimum absolute atomic E-state index is 0.322. The predicted molar refractivity (Wildman–Crippen MR) is 81.9 cm³/mol. The first-order valence-corrected chi connectivity index (χ1v) is 7.51. The average molecular weight is 276 g/mol. The highest BCUT2D eigenvalue weighted by atomic mass is 16.5. The number of carbonyl (C=O) groups is 1. The number of ether oxygens (including phenoxy) is 1. The van der Waals surface area contributed by atoms with Crippen LogP contribution in [0.2, 0.25) is 0 Å². The van der Waals surface area contributed by atoms with E-state index in [1.807, 2.05) is 6.07 Å². The van der Waals surface area contributed by atoms with Gasteiger partial charge in [0.15, 0.2) is 0 Å². The fraction of sp³-hybridized carbons (Fsp3) is 0.562. The van der Waals surface area contributed by atoms with Crippen molar-refractivity contribution in [2.24, 2.45) is 5.92 Å². The van der Waals surface area contributed by atoms with Crippen molar-refractivity contribution in [1.82, 2.24) is 0 Å². The lowest BCUT2D eigenvalue weighted by Gasteiger charge is -2.13. The molecule has 0 radical (unpaired) electrons. The van der Waals surface area contributed by atoms with E-state index in [9.17, 15) is 4.79 Å². The third-order valence-corrected chi connectivity index (χ3v) is 3.91. The molecule has 1 fully saturated rings. The van der Waals surface area contributed by atoms with Gasteiger partial charge in [-0.15, -0.1) is 0 Å². The lowest BCUT2D eigenvalue weighted by molar-refractivity contribution is 0.0526. The maximum atomic E-state index is 11.6. The SMILES string of the molecule is CCOC(=O)c1ccc(NCCC2CCCC2)c(N)c1. The van der Waals surface area contributed by atoms with E-state index in [0.717, 1.165) is 18.2 Å². The molecular weight excluding hydrogens is 252 g/mol. The average Bonchev–Trinajstić information content (AvgIpc) is 2.94. The summed E-state index contributed by atoms with van der Waals surface area (Å²) in [5.41, 5.74) is 7.98. The molecule has 0 saturated heterocycles. The van der Waals surface area contributed by atoms with E-state index in [0.29, 0.717) is 17.9 Å². The maximum absolute atomic E-state index is 11.6. The van der Waals surface area contributed by atoms with Gasteiger partial charge >= 0.3 is 5.97 Å². The number of rotatable bonds is 6. The van der Waals surface area contributed by atoms with Gasteiger partial charge in [0.05, 0.1) is 23.5 Å². The first kappa shape index (κ1) is 14.7. The zero-order chi connectivity index (χ0) is 14.4. The Balaban J connectivity index is 1.87. The Bertz CT molecular complexity index is 454. The van der Waals surface area contributed by atoms with Crippen LogP contribution in [0.4, 0.5) is 11.4 Å². The van der Waals surface area contributed by atoms with Crippen molar-refractivity contribution in [3.63, 3.8) is 0 Å². The third kappa shape index (κ3) is 3.89. The highest BCUT2D eigenvalue weighted by Gasteiger charge is 2.14. The number of nitrogens with two attached hydrogens (primary N) is 1. The fourth-order valence-electron chi connectivity index (χ4n) is 2.78. The molecule has 0 atom stereocenters. The summed E-state index contributed by atoms with van der Waals surface area (Å²) in [7, 11) is 0. The second kappa shape index (κ2) is 7.17. The van der Waals surface area contributed by atoms with E-state index >= 15 is 0 Å². The molecule has 0 bridgehead atoms. The normalized spacial score (nSPS) is 15.2. The molecule has 0 heterocycles. The summed E-state index contributed by atoms with van der Waals surface area (Å²) in [6.45, 7) is 3.11. The van der Waals surface area contributed by atoms with Crippen molar-refractivity contribution in [2.75, 3.05) is 24.2 Å². The summed E-state index contributed by atoms with van der Waals surface area (Å²) in [5.74, 6) is 0.541. The number of benzene rings is 1. The number of esters is 1. The molecule has 1 saturated carbocycles. The van der Waals surface area contributed by atoms with Crippen LogP contribution in [0.5, 0.6) is 0 Å². The Morgan fingerprint density at radius 1 is 1.40 bits per heavy atom. The van der Waals surface area contributed by atoms with Crippen LogP contribution >= 0.6 is 0 Å². The molecule has 4 heteroatoms. The molecule has 2 rings (SSSR count). The Kier molecular flexibility index (Phi) is 5.27. The molecule has 1 aromatic carbocycles. The molecule has 0 amide bonds. The van der Waals surface area contributed by atoms with E-state index in [-0.39, 0.29) is 5.97 Å². The zero-order valence-electron chi connectivity index (χ0n) is 12.2. The van der Waals surface area contributed by atoms with Gasteiger partial charge in [0.2, 0.25) is 0 Å². The quantitative estimate of drug-likeness (QED) is 0.617. The lowest BCUT2D eigenvalue weighted by atomic mass is 10.0. The van der Waals surface area contributed by atoms with Crippen LogP contribution in [0.25, 0.3) is 0 Å². The summed E-state index contributed by atoms with van der Waals surface area (Å²) in [6.07, 6.45) is 6.67. The van der Waals surface area contributed by atoms with Crippen LogP contribution < -0.4 is 11.1 Å². The zero-order valence-corrected chi connectivity index (χ0v) is 12.2. The van der Waals surface area contributed by atoms with Gasteiger partial charge in [-0.05, 0) is 37.5 Å². The standard InChI is InChI=1S/C16H24N2O2/c1-2-20-16(19)13-7-8-15(14(17)11-13)18-10-9-12-5-3-4-6-12/h7-8,11-12,18H,2-6,9-10,17H2,1H3. The van der Waals surface area contributed by atoms with Gasteiger partial charge < -0.3 is 15.8 Å². The largest absolute Gasteiger partial charge is 0.462 e. The third-order valence-electron chi connectivity index (χ3n) is 3.91. The van der Waals surface area contributed by atoms with E-state index in [2.05, 4.69) is 5.32 Å². The van der Waals surface area contributed by atoms with Crippen LogP contribution in [0.15, 0.2) is 18.2 Å². The van der Waals surface area contributed by atoms with Gasteiger partial charge in [-0.1, -0.05) is 25.7 Å². The molecule has 1 aliphatic rings. The second-order valence-electron chi connectivity index (χ2n) is 5.39. The van der Waals surface area contributed by atoms with Crippen molar-refractivity contribution in [3.05, 3.63) is 23.8 Å². The molecular formula is C16H24N2O2. The van der Waals surface area contributed by atoms with Crippen molar-refractivity contribution < 1.29 is 9.53 Å². The Morgan fingerprint density at radius 2 is 2.15 bits per heavy atom. The summed E-state index contributed by atoms with van der Waals surface area (Å²) in [5, 5.41) is 3.36. The molecule has 110 valence electrons. The van der Waals surface area contributed by atoms with Crippen molar-refractivity contribution in [2.45, 2.75) is 39.0 Å². The van der Waals surface area contributed by atoms with Crippen LogP contribution in [0, 0.1) is 5.92 Å².